The second-order valence-corrected chi connectivity index (χ2v) is 9.46. The fourth-order valence-electron chi connectivity index (χ4n) is 4.04. The predicted molar refractivity (Wildman–Crippen MR) is 130 cm³/mol. The Hall–Kier alpha value is -3.42. The number of hydrogen-bond acceptors (Lipinski definition) is 6. The van der Waals surface area contributed by atoms with Gasteiger partial charge >= 0.3 is 11.9 Å². The summed E-state index contributed by atoms with van der Waals surface area (Å²) in [6.45, 7) is -0.205. The van der Waals surface area contributed by atoms with Gasteiger partial charge in [-0.05, 0) is 45.8 Å². The van der Waals surface area contributed by atoms with E-state index >= 15 is 0 Å². The minimum Gasteiger partial charge on any atom is -0.461 e. The fourth-order valence-corrected chi connectivity index (χ4v) is 5.21. The highest BCUT2D eigenvalue weighted by molar-refractivity contribution is 8.00. The monoisotopic (exact) mass is 476 g/mol. The van der Waals surface area contributed by atoms with E-state index in [0.29, 0.717) is 5.56 Å². The summed E-state index contributed by atoms with van der Waals surface area (Å²) in [5.74, 6) is -1.26. The van der Waals surface area contributed by atoms with Gasteiger partial charge in [0.1, 0.15) is 12.0 Å². The molecule has 1 aliphatic rings. The molecule has 34 heavy (non-hydrogen) atoms. The average molecular weight is 477 g/mol. The molecule has 0 spiro atoms. The average Bonchev–Trinajstić information content (AvgIpc) is 3.14. The molecule has 1 unspecified atom stereocenters. The van der Waals surface area contributed by atoms with E-state index in [1.54, 1.807) is 30.3 Å². The summed E-state index contributed by atoms with van der Waals surface area (Å²) >= 11 is 0.887. The van der Waals surface area contributed by atoms with Crippen molar-refractivity contribution >= 4 is 45.2 Å². The third-order valence-electron chi connectivity index (χ3n) is 5.86. The van der Waals surface area contributed by atoms with E-state index in [1.807, 2.05) is 54.6 Å². The molecule has 1 saturated heterocycles. The van der Waals surface area contributed by atoms with E-state index in [-0.39, 0.29) is 12.2 Å². The van der Waals surface area contributed by atoms with Gasteiger partial charge in [0, 0.05) is 0 Å². The number of esters is 2. The molecule has 0 saturated carbocycles. The zero-order valence-electron chi connectivity index (χ0n) is 18.0. The van der Waals surface area contributed by atoms with Crippen LogP contribution in [0.25, 0.3) is 21.5 Å². The highest BCUT2D eigenvalue weighted by Crippen LogP contribution is 2.37. The van der Waals surface area contributed by atoms with E-state index in [2.05, 4.69) is 0 Å². The standard InChI is InChI=1S/C27H21FO5S/c28-23-24(33-26(30)21-12-10-17-6-2-4-8-19(17)14-21)22(34-27(23)31)15-32-25(29)20-11-9-16-5-1-3-7-18(16)13-20/h1-14,22-24,27,31H,15H2/t22-,23-,24+,27?/m0/s1. The van der Waals surface area contributed by atoms with Crippen molar-refractivity contribution in [1.82, 2.24) is 0 Å². The summed E-state index contributed by atoms with van der Waals surface area (Å²) in [6, 6.07) is 25.5. The number of alkyl halides is 1. The van der Waals surface area contributed by atoms with Crippen LogP contribution in [-0.4, -0.2) is 46.6 Å². The van der Waals surface area contributed by atoms with Crippen molar-refractivity contribution < 1.29 is 28.6 Å². The number of aliphatic hydroxyl groups is 1. The quantitative estimate of drug-likeness (QED) is 0.402. The lowest BCUT2D eigenvalue weighted by molar-refractivity contribution is -0.0112. The molecule has 0 aliphatic carbocycles. The molecule has 1 fully saturated rings. The zero-order chi connectivity index (χ0) is 23.7. The maximum Gasteiger partial charge on any atom is 0.338 e. The van der Waals surface area contributed by atoms with Crippen LogP contribution in [0.2, 0.25) is 0 Å². The lowest BCUT2D eigenvalue weighted by Gasteiger charge is -2.20. The lowest BCUT2D eigenvalue weighted by Crippen LogP contribution is -2.36. The van der Waals surface area contributed by atoms with Crippen LogP contribution in [0, 0.1) is 0 Å². The fraction of sp³-hybridized carbons (Fsp3) is 0.185. The topological polar surface area (TPSA) is 72.8 Å². The molecule has 5 rings (SSSR count). The number of thioether (sulfide) groups is 1. The van der Waals surface area contributed by atoms with Crippen molar-refractivity contribution in [1.29, 1.82) is 0 Å². The van der Waals surface area contributed by atoms with E-state index in [4.69, 9.17) is 9.47 Å². The Labute approximate surface area is 199 Å². The normalized spacial score (nSPS) is 22.1. The second-order valence-electron chi connectivity index (χ2n) is 8.10. The maximum atomic E-state index is 14.7. The smallest absolute Gasteiger partial charge is 0.338 e. The summed E-state index contributed by atoms with van der Waals surface area (Å²) in [5.41, 5.74) is -0.730. The number of fused-ring (bicyclic) bond motifs is 2. The third-order valence-corrected chi connectivity index (χ3v) is 7.15. The minimum absolute atomic E-state index is 0.205. The number of carbonyl (C=O) groups excluding carboxylic acids is 2. The van der Waals surface area contributed by atoms with E-state index in [0.717, 1.165) is 33.3 Å². The molecular formula is C27H21FO5S. The first-order valence-electron chi connectivity index (χ1n) is 10.8. The molecule has 0 amide bonds. The summed E-state index contributed by atoms with van der Waals surface area (Å²) in [7, 11) is 0. The zero-order valence-corrected chi connectivity index (χ0v) is 18.8. The molecule has 4 aromatic rings. The Morgan fingerprint density at radius 2 is 1.32 bits per heavy atom. The highest BCUT2D eigenvalue weighted by atomic mass is 32.2. The Morgan fingerprint density at radius 3 is 1.91 bits per heavy atom. The number of hydrogen-bond donors (Lipinski definition) is 1. The van der Waals surface area contributed by atoms with Crippen LogP contribution in [-0.2, 0) is 9.47 Å². The largest absolute Gasteiger partial charge is 0.461 e. The first-order chi connectivity index (χ1) is 16.5. The van der Waals surface area contributed by atoms with E-state index in [1.165, 1.54) is 0 Å². The molecule has 4 atom stereocenters. The van der Waals surface area contributed by atoms with Crippen LogP contribution in [0.3, 0.4) is 0 Å². The molecule has 0 radical (unpaired) electrons. The first kappa shape index (κ1) is 22.4. The van der Waals surface area contributed by atoms with Crippen molar-refractivity contribution in [2.45, 2.75) is 23.0 Å². The number of ether oxygens (including phenoxy) is 2. The van der Waals surface area contributed by atoms with Gasteiger partial charge in [-0.25, -0.2) is 14.0 Å². The Balaban J connectivity index is 1.27. The predicted octanol–water partition coefficient (Wildman–Crippen LogP) is 5.15. The highest BCUT2D eigenvalue weighted by Gasteiger charge is 2.47. The van der Waals surface area contributed by atoms with Crippen LogP contribution >= 0.6 is 11.8 Å². The number of halogens is 1. The number of aliphatic hydroxyl groups excluding tert-OH is 1. The van der Waals surface area contributed by atoms with Crippen LogP contribution in [0.1, 0.15) is 20.7 Å². The lowest BCUT2D eigenvalue weighted by atomic mass is 10.1. The number of rotatable bonds is 5. The summed E-state index contributed by atoms with van der Waals surface area (Å²) < 4.78 is 25.5. The molecule has 0 bridgehead atoms. The second kappa shape index (κ2) is 9.44. The number of carbonyl (C=O) groups is 2. The molecule has 7 heteroatoms. The van der Waals surface area contributed by atoms with Crippen molar-refractivity contribution in [3.8, 4) is 0 Å². The van der Waals surface area contributed by atoms with Gasteiger partial charge in [-0.1, -0.05) is 60.7 Å². The van der Waals surface area contributed by atoms with Crippen LogP contribution < -0.4 is 0 Å². The Kier molecular flexibility index (Phi) is 6.22. The molecule has 172 valence electrons. The molecule has 1 N–H and O–H groups in total. The Morgan fingerprint density at radius 1 is 0.794 bits per heavy atom. The summed E-state index contributed by atoms with van der Waals surface area (Å²) in [5, 5.41) is 13.0. The van der Waals surface area contributed by atoms with Gasteiger partial charge in [-0.3, -0.25) is 0 Å². The van der Waals surface area contributed by atoms with Gasteiger partial charge in [0.2, 0.25) is 0 Å². The first-order valence-corrected chi connectivity index (χ1v) is 11.8. The third kappa shape index (κ3) is 4.49. The minimum atomic E-state index is -1.79. The van der Waals surface area contributed by atoms with Gasteiger partial charge in [0.15, 0.2) is 12.3 Å². The van der Waals surface area contributed by atoms with Crippen LogP contribution in [0.15, 0.2) is 84.9 Å². The summed E-state index contributed by atoms with van der Waals surface area (Å²) in [4.78, 5) is 25.3. The molecule has 1 aliphatic heterocycles. The van der Waals surface area contributed by atoms with Crippen molar-refractivity contribution in [3.63, 3.8) is 0 Å². The van der Waals surface area contributed by atoms with Crippen molar-refractivity contribution in [3.05, 3.63) is 96.1 Å². The Bertz CT molecular complexity index is 1370. The molecule has 4 aromatic carbocycles. The SMILES string of the molecule is O=C(OC[C@@H]1SC(O)[C@@H](F)[C@@H]1OC(=O)c1ccc2ccccc2c1)c1ccc2ccccc2c1. The van der Waals surface area contributed by atoms with Crippen molar-refractivity contribution in [2.24, 2.45) is 0 Å². The van der Waals surface area contributed by atoms with Crippen LogP contribution in [0.5, 0.6) is 0 Å². The number of benzene rings is 4. The molecule has 5 nitrogen and oxygen atoms in total. The van der Waals surface area contributed by atoms with E-state index in [9.17, 15) is 19.1 Å². The molecule has 0 aromatic heterocycles. The van der Waals surface area contributed by atoms with E-state index < -0.39 is 34.9 Å². The van der Waals surface area contributed by atoms with Crippen LogP contribution in [0.4, 0.5) is 4.39 Å². The molecule has 1 heterocycles. The molecular weight excluding hydrogens is 455 g/mol. The van der Waals surface area contributed by atoms with Gasteiger partial charge in [0.25, 0.3) is 0 Å². The summed E-state index contributed by atoms with van der Waals surface area (Å²) in [6.07, 6.45) is -3.04. The van der Waals surface area contributed by atoms with Gasteiger partial charge in [0.05, 0.1) is 16.4 Å². The van der Waals surface area contributed by atoms with Gasteiger partial charge in [-0.15, -0.1) is 11.8 Å². The van der Waals surface area contributed by atoms with Gasteiger partial charge in [-0.2, -0.15) is 0 Å². The van der Waals surface area contributed by atoms with Crippen molar-refractivity contribution in [2.75, 3.05) is 6.61 Å². The van der Waals surface area contributed by atoms with Gasteiger partial charge < -0.3 is 14.6 Å². The maximum absolute atomic E-state index is 14.7.